The summed E-state index contributed by atoms with van der Waals surface area (Å²) in [6.45, 7) is 3.74. The fraction of sp³-hybridized carbons (Fsp3) is 0.316. The van der Waals surface area contributed by atoms with E-state index in [1.807, 2.05) is 25.1 Å². The lowest BCUT2D eigenvalue weighted by Gasteiger charge is -2.19. The van der Waals surface area contributed by atoms with Gasteiger partial charge in [-0.15, -0.1) is 0 Å². The minimum atomic E-state index is -0.562. The number of amides is 1. The summed E-state index contributed by atoms with van der Waals surface area (Å²) in [5, 5.41) is 3.58. The summed E-state index contributed by atoms with van der Waals surface area (Å²) >= 11 is 5.91. The van der Waals surface area contributed by atoms with E-state index in [-0.39, 0.29) is 11.9 Å². The largest absolute Gasteiger partial charge is 0.481 e. The normalized spacial score (nSPS) is 13.2. The molecule has 0 aromatic heterocycles. The highest BCUT2D eigenvalue weighted by Crippen LogP contribution is 2.18. The fourth-order valence-electron chi connectivity index (χ4n) is 2.26. The summed E-state index contributed by atoms with van der Waals surface area (Å²) in [5.74, 6) is 0.475. The summed E-state index contributed by atoms with van der Waals surface area (Å²) in [6, 6.07) is 17.4. The molecule has 0 heterocycles. The van der Waals surface area contributed by atoms with Gasteiger partial charge in [-0.25, -0.2) is 0 Å². The van der Waals surface area contributed by atoms with Crippen LogP contribution < -0.4 is 10.1 Å². The molecule has 2 aromatic rings. The lowest BCUT2D eigenvalue weighted by atomic mass is 10.1. The molecule has 23 heavy (non-hydrogen) atoms. The zero-order valence-electron chi connectivity index (χ0n) is 13.5. The molecule has 0 fully saturated rings. The van der Waals surface area contributed by atoms with Crippen molar-refractivity contribution in [2.45, 2.75) is 38.8 Å². The van der Waals surface area contributed by atoms with Gasteiger partial charge in [-0.2, -0.15) is 0 Å². The molecule has 1 amide bonds. The van der Waals surface area contributed by atoms with E-state index in [9.17, 15) is 4.79 Å². The number of halogens is 1. The minimum Gasteiger partial charge on any atom is -0.481 e. The van der Waals surface area contributed by atoms with Crippen LogP contribution in [0.1, 0.15) is 25.8 Å². The highest BCUT2D eigenvalue weighted by Gasteiger charge is 2.17. The van der Waals surface area contributed by atoms with E-state index in [2.05, 4.69) is 17.4 Å². The lowest BCUT2D eigenvalue weighted by molar-refractivity contribution is -0.127. The summed E-state index contributed by atoms with van der Waals surface area (Å²) in [4.78, 5) is 12.2. The number of hydrogen-bond donors (Lipinski definition) is 1. The van der Waals surface area contributed by atoms with Gasteiger partial charge in [-0.1, -0.05) is 48.0 Å². The smallest absolute Gasteiger partial charge is 0.260 e. The van der Waals surface area contributed by atoms with E-state index in [1.54, 1.807) is 31.2 Å². The molecule has 0 spiro atoms. The number of aryl methyl sites for hydroxylation is 1. The minimum absolute atomic E-state index is 0.0908. The van der Waals surface area contributed by atoms with Crippen molar-refractivity contribution in [1.29, 1.82) is 0 Å². The van der Waals surface area contributed by atoms with Gasteiger partial charge < -0.3 is 10.1 Å². The molecule has 2 rings (SSSR count). The zero-order chi connectivity index (χ0) is 16.7. The molecule has 4 heteroatoms. The molecule has 2 aromatic carbocycles. The second-order valence-corrected chi connectivity index (χ2v) is 6.09. The average Bonchev–Trinajstić information content (AvgIpc) is 2.54. The second-order valence-electron chi connectivity index (χ2n) is 5.65. The first-order valence-electron chi connectivity index (χ1n) is 7.81. The molecule has 0 saturated heterocycles. The molecule has 0 aliphatic rings. The Labute approximate surface area is 142 Å². The van der Waals surface area contributed by atoms with Crippen LogP contribution in [0.3, 0.4) is 0 Å². The van der Waals surface area contributed by atoms with Crippen LogP contribution in [0.4, 0.5) is 0 Å². The van der Waals surface area contributed by atoms with Gasteiger partial charge in [0.15, 0.2) is 6.10 Å². The molecule has 122 valence electrons. The molecule has 2 atom stereocenters. The Balaban J connectivity index is 1.78. The first-order chi connectivity index (χ1) is 11.0. The third kappa shape index (κ3) is 5.95. The SMILES string of the molecule is C[C@H](CCc1ccccc1)NC(=O)[C@H](C)Oc1cccc(Cl)c1. The maximum atomic E-state index is 12.2. The second kappa shape index (κ2) is 8.59. The summed E-state index contributed by atoms with van der Waals surface area (Å²) < 4.78 is 5.62. The van der Waals surface area contributed by atoms with Crippen LogP contribution in [0.25, 0.3) is 0 Å². The number of benzene rings is 2. The Hall–Kier alpha value is -2.00. The van der Waals surface area contributed by atoms with Gasteiger partial charge in [0, 0.05) is 11.1 Å². The Bertz CT molecular complexity index is 630. The molecule has 0 bridgehead atoms. The van der Waals surface area contributed by atoms with Gasteiger partial charge >= 0.3 is 0 Å². The zero-order valence-corrected chi connectivity index (χ0v) is 14.2. The number of carbonyl (C=O) groups is 1. The van der Waals surface area contributed by atoms with Crippen LogP contribution in [0.5, 0.6) is 5.75 Å². The third-order valence-corrected chi connectivity index (χ3v) is 3.81. The first-order valence-corrected chi connectivity index (χ1v) is 8.19. The topological polar surface area (TPSA) is 38.3 Å². The summed E-state index contributed by atoms with van der Waals surface area (Å²) in [6.07, 6.45) is 1.26. The molecule has 0 saturated carbocycles. The molecule has 3 nitrogen and oxygen atoms in total. The number of hydrogen-bond acceptors (Lipinski definition) is 2. The van der Waals surface area contributed by atoms with Crippen molar-refractivity contribution >= 4 is 17.5 Å². The molecule has 0 unspecified atom stereocenters. The van der Waals surface area contributed by atoms with Crippen molar-refractivity contribution in [3.63, 3.8) is 0 Å². The number of rotatable bonds is 7. The standard InChI is InChI=1S/C19H22ClNO2/c1-14(11-12-16-7-4-3-5-8-16)21-19(22)15(2)23-18-10-6-9-17(20)13-18/h3-10,13-15H,11-12H2,1-2H3,(H,21,22)/t14-,15+/m1/s1. The maximum absolute atomic E-state index is 12.2. The monoisotopic (exact) mass is 331 g/mol. The van der Waals surface area contributed by atoms with Crippen LogP contribution in [-0.4, -0.2) is 18.1 Å². The van der Waals surface area contributed by atoms with E-state index in [4.69, 9.17) is 16.3 Å². The Morgan fingerprint density at radius 3 is 2.57 bits per heavy atom. The van der Waals surface area contributed by atoms with Crippen LogP contribution in [0, 0.1) is 0 Å². The fourth-order valence-corrected chi connectivity index (χ4v) is 2.44. The maximum Gasteiger partial charge on any atom is 0.260 e. The lowest BCUT2D eigenvalue weighted by Crippen LogP contribution is -2.41. The first kappa shape index (κ1) is 17.4. The molecule has 0 radical (unpaired) electrons. The highest BCUT2D eigenvalue weighted by molar-refractivity contribution is 6.30. The van der Waals surface area contributed by atoms with Gasteiger partial charge in [-0.05, 0) is 50.5 Å². The van der Waals surface area contributed by atoms with Crippen molar-refractivity contribution in [3.8, 4) is 5.75 Å². The van der Waals surface area contributed by atoms with Gasteiger partial charge in [-0.3, -0.25) is 4.79 Å². The third-order valence-electron chi connectivity index (χ3n) is 3.58. The number of carbonyl (C=O) groups excluding carboxylic acids is 1. The molecule has 1 N–H and O–H groups in total. The van der Waals surface area contributed by atoms with Crippen molar-refractivity contribution in [3.05, 3.63) is 65.2 Å². The molecule has 0 aliphatic heterocycles. The van der Waals surface area contributed by atoms with Gasteiger partial charge in [0.25, 0.3) is 5.91 Å². The van der Waals surface area contributed by atoms with Crippen LogP contribution >= 0.6 is 11.6 Å². The van der Waals surface area contributed by atoms with Crippen molar-refractivity contribution in [2.75, 3.05) is 0 Å². The van der Waals surface area contributed by atoms with Crippen LogP contribution in [0.15, 0.2) is 54.6 Å². The van der Waals surface area contributed by atoms with E-state index in [0.717, 1.165) is 12.8 Å². The predicted octanol–water partition coefficient (Wildman–Crippen LogP) is 4.24. The highest BCUT2D eigenvalue weighted by atomic mass is 35.5. The van der Waals surface area contributed by atoms with Gasteiger partial charge in [0.05, 0.1) is 0 Å². The van der Waals surface area contributed by atoms with Crippen molar-refractivity contribution in [1.82, 2.24) is 5.32 Å². The van der Waals surface area contributed by atoms with Crippen molar-refractivity contribution in [2.24, 2.45) is 0 Å². The average molecular weight is 332 g/mol. The summed E-state index contributed by atoms with van der Waals surface area (Å²) in [7, 11) is 0. The molecule has 0 aliphatic carbocycles. The quantitative estimate of drug-likeness (QED) is 0.824. The number of ether oxygens (including phenoxy) is 1. The Kier molecular flexibility index (Phi) is 6.48. The Morgan fingerprint density at radius 2 is 1.87 bits per heavy atom. The Morgan fingerprint density at radius 1 is 1.13 bits per heavy atom. The van der Waals surface area contributed by atoms with Crippen LogP contribution in [0.2, 0.25) is 5.02 Å². The van der Waals surface area contributed by atoms with E-state index < -0.39 is 6.10 Å². The van der Waals surface area contributed by atoms with E-state index in [1.165, 1.54) is 5.56 Å². The van der Waals surface area contributed by atoms with Crippen LogP contribution in [-0.2, 0) is 11.2 Å². The van der Waals surface area contributed by atoms with E-state index >= 15 is 0 Å². The van der Waals surface area contributed by atoms with E-state index in [0.29, 0.717) is 10.8 Å². The van der Waals surface area contributed by atoms with Crippen molar-refractivity contribution < 1.29 is 9.53 Å². The molecular weight excluding hydrogens is 310 g/mol. The summed E-state index contributed by atoms with van der Waals surface area (Å²) in [5.41, 5.74) is 1.27. The molecular formula is C19H22ClNO2. The van der Waals surface area contributed by atoms with Gasteiger partial charge in [0.2, 0.25) is 0 Å². The predicted molar refractivity (Wildman–Crippen MR) is 93.9 cm³/mol. The number of nitrogens with one attached hydrogen (secondary N) is 1. The van der Waals surface area contributed by atoms with Gasteiger partial charge in [0.1, 0.15) is 5.75 Å².